The van der Waals surface area contributed by atoms with E-state index < -0.39 is 7.12 Å². The maximum absolute atomic E-state index is 5.97. The third-order valence-electron chi connectivity index (χ3n) is 3.83. The molecule has 1 saturated heterocycles. The number of hydrazine groups is 1. The van der Waals surface area contributed by atoms with Crippen molar-refractivity contribution in [3.63, 3.8) is 0 Å². The first-order valence-electron chi connectivity index (χ1n) is 6.30. The van der Waals surface area contributed by atoms with Crippen molar-refractivity contribution in [1.82, 2.24) is 4.98 Å². The van der Waals surface area contributed by atoms with E-state index in [1.807, 2.05) is 33.8 Å². The molecule has 7 heteroatoms. The van der Waals surface area contributed by atoms with Gasteiger partial charge >= 0.3 is 7.12 Å². The number of pyridine rings is 1. The van der Waals surface area contributed by atoms with Gasteiger partial charge in [0, 0.05) is 18.7 Å². The molecule has 2 heterocycles. The lowest BCUT2D eigenvalue weighted by Crippen LogP contribution is -2.41. The molecule has 1 aromatic rings. The summed E-state index contributed by atoms with van der Waals surface area (Å²) in [6, 6.07) is 1.88. The second-order valence-electron chi connectivity index (χ2n) is 5.65. The van der Waals surface area contributed by atoms with Crippen LogP contribution in [0.15, 0.2) is 12.3 Å². The summed E-state index contributed by atoms with van der Waals surface area (Å²) < 4.78 is 11.9. The first-order valence-corrected chi connectivity index (χ1v) is 6.30. The molecule has 0 aromatic carbocycles. The molecule has 4 N–H and O–H groups in total. The predicted molar refractivity (Wildman–Crippen MR) is 77.3 cm³/mol. The smallest absolute Gasteiger partial charge is 0.399 e. The molecule has 1 aliphatic heterocycles. The van der Waals surface area contributed by atoms with Crippen LogP contribution < -0.4 is 22.0 Å². The number of anilines is 2. The zero-order valence-corrected chi connectivity index (χ0v) is 12.1. The van der Waals surface area contributed by atoms with E-state index in [2.05, 4.69) is 15.7 Å². The van der Waals surface area contributed by atoms with E-state index in [0.717, 1.165) is 5.46 Å². The van der Waals surface area contributed by atoms with Crippen molar-refractivity contribution in [2.75, 3.05) is 17.8 Å². The molecule has 1 fully saturated rings. The molecule has 6 nitrogen and oxygen atoms in total. The molecule has 0 aliphatic carbocycles. The molecule has 2 rings (SSSR count). The fourth-order valence-electron chi connectivity index (χ4n) is 1.90. The lowest BCUT2D eigenvalue weighted by molar-refractivity contribution is 0.00578. The molecular formula is C12H21BN4O2. The van der Waals surface area contributed by atoms with Crippen LogP contribution >= 0.6 is 0 Å². The van der Waals surface area contributed by atoms with Crippen molar-refractivity contribution >= 4 is 24.1 Å². The third-order valence-corrected chi connectivity index (χ3v) is 3.83. The van der Waals surface area contributed by atoms with Gasteiger partial charge in [-0.3, -0.25) is 5.84 Å². The summed E-state index contributed by atoms with van der Waals surface area (Å²) in [7, 11) is 1.35. The topological polar surface area (TPSA) is 81.4 Å². The number of aromatic nitrogens is 1. The molecule has 0 radical (unpaired) electrons. The second-order valence-corrected chi connectivity index (χ2v) is 5.65. The Labute approximate surface area is 114 Å². The van der Waals surface area contributed by atoms with Crippen LogP contribution in [0.1, 0.15) is 27.7 Å². The van der Waals surface area contributed by atoms with Gasteiger partial charge in [-0.25, -0.2) is 4.98 Å². The molecule has 0 bridgehead atoms. The summed E-state index contributed by atoms with van der Waals surface area (Å²) in [6.07, 6.45) is 1.73. The van der Waals surface area contributed by atoms with Gasteiger partial charge in [-0.15, -0.1) is 0 Å². The van der Waals surface area contributed by atoms with E-state index in [4.69, 9.17) is 15.2 Å². The summed E-state index contributed by atoms with van der Waals surface area (Å²) in [5.41, 5.74) is 3.43. The number of nitrogen functional groups attached to an aromatic ring is 1. The molecule has 1 aliphatic rings. The Bertz CT molecular complexity index is 463. The van der Waals surface area contributed by atoms with Gasteiger partial charge in [0.1, 0.15) is 5.82 Å². The molecule has 0 saturated carbocycles. The largest absolute Gasteiger partial charge is 0.496 e. The number of nitrogens with two attached hydrogens (primary N) is 1. The van der Waals surface area contributed by atoms with Gasteiger partial charge in [0.2, 0.25) is 0 Å². The molecule has 0 unspecified atom stereocenters. The Hall–Kier alpha value is -1.31. The van der Waals surface area contributed by atoms with E-state index in [9.17, 15) is 0 Å². The first kappa shape index (κ1) is 14.1. The number of nitrogens with one attached hydrogen (secondary N) is 2. The minimum absolute atomic E-state index is 0.365. The number of nitrogens with zero attached hydrogens (tertiary/aromatic N) is 1. The maximum atomic E-state index is 5.97. The highest BCUT2D eigenvalue weighted by molar-refractivity contribution is 6.62. The minimum atomic E-state index is -0.435. The molecular weight excluding hydrogens is 243 g/mol. The highest BCUT2D eigenvalue weighted by Crippen LogP contribution is 2.36. The average Bonchev–Trinajstić information content (AvgIpc) is 2.57. The van der Waals surface area contributed by atoms with Gasteiger partial charge in [-0.1, -0.05) is 0 Å². The zero-order chi connectivity index (χ0) is 14.3. The molecule has 0 spiro atoms. The lowest BCUT2D eigenvalue weighted by atomic mass is 9.80. The van der Waals surface area contributed by atoms with Crippen molar-refractivity contribution in [3.8, 4) is 0 Å². The van der Waals surface area contributed by atoms with E-state index in [1.165, 1.54) is 0 Å². The summed E-state index contributed by atoms with van der Waals surface area (Å²) in [5, 5.41) is 2.96. The van der Waals surface area contributed by atoms with Crippen LogP contribution in [0.2, 0.25) is 0 Å². The SMILES string of the molecule is CNc1ncc(B2OC(C)(C)C(C)(C)O2)cc1NN. The van der Waals surface area contributed by atoms with Crippen LogP contribution in [0.5, 0.6) is 0 Å². The predicted octanol–water partition coefficient (Wildman–Crippen LogP) is 0.708. The lowest BCUT2D eigenvalue weighted by Gasteiger charge is -2.32. The van der Waals surface area contributed by atoms with Gasteiger partial charge < -0.3 is 20.1 Å². The summed E-state index contributed by atoms with van der Waals surface area (Å²) in [5.74, 6) is 6.17. The number of rotatable bonds is 3. The molecule has 1 aromatic heterocycles. The minimum Gasteiger partial charge on any atom is -0.399 e. The van der Waals surface area contributed by atoms with Gasteiger partial charge in [-0.2, -0.15) is 0 Å². The average molecular weight is 264 g/mol. The van der Waals surface area contributed by atoms with Crippen molar-refractivity contribution < 1.29 is 9.31 Å². The molecule has 104 valence electrons. The van der Waals surface area contributed by atoms with Crippen LogP contribution in [0.3, 0.4) is 0 Å². The van der Waals surface area contributed by atoms with Crippen molar-refractivity contribution in [2.45, 2.75) is 38.9 Å². The van der Waals surface area contributed by atoms with Gasteiger partial charge in [0.15, 0.2) is 0 Å². The van der Waals surface area contributed by atoms with E-state index in [0.29, 0.717) is 11.5 Å². The molecule has 0 amide bonds. The fourth-order valence-corrected chi connectivity index (χ4v) is 1.90. The Morgan fingerprint density at radius 3 is 2.26 bits per heavy atom. The zero-order valence-electron chi connectivity index (χ0n) is 12.1. The maximum Gasteiger partial charge on any atom is 0.496 e. The first-order chi connectivity index (χ1) is 8.80. The fraction of sp³-hybridized carbons (Fsp3) is 0.583. The standard InChI is InChI=1S/C12H21BN4O2/c1-11(2)12(3,4)19-13(18-11)8-6-9(17-14)10(15-5)16-7-8/h6-7,17H,14H2,1-5H3,(H,15,16). The third kappa shape index (κ3) is 2.41. The molecule has 0 atom stereocenters. The summed E-state index contributed by atoms with van der Waals surface area (Å²) in [6.45, 7) is 8.07. The van der Waals surface area contributed by atoms with Gasteiger partial charge in [0.05, 0.1) is 16.9 Å². The van der Waals surface area contributed by atoms with Gasteiger partial charge in [-0.05, 0) is 33.8 Å². The van der Waals surface area contributed by atoms with Crippen molar-refractivity contribution in [3.05, 3.63) is 12.3 Å². The van der Waals surface area contributed by atoms with E-state index >= 15 is 0 Å². The van der Waals surface area contributed by atoms with Crippen LogP contribution in [0.25, 0.3) is 0 Å². The van der Waals surface area contributed by atoms with Crippen molar-refractivity contribution in [2.24, 2.45) is 5.84 Å². The Morgan fingerprint density at radius 2 is 1.79 bits per heavy atom. The Balaban J connectivity index is 2.30. The van der Waals surface area contributed by atoms with Crippen LogP contribution in [-0.2, 0) is 9.31 Å². The molecule has 19 heavy (non-hydrogen) atoms. The van der Waals surface area contributed by atoms with Crippen LogP contribution in [0, 0.1) is 0 Å². The van der Waals surface area contributed by atoms with E-state index in [-0.39, 0.29) is 11.2 Å². The monoisotopic (exact) mass is 264 g/mol. The normalized spacial score (nSPS) is 20.4. The van der Waals surface area contributed by atoms with E-state index in [1.54, 1.807) is 13.2 Å². The second kappa shape index (κ2) is 4.66. The van der Waals surface area contributed by atoms with Crippen LogP contribution in [-0.4, -0.2) is 30.4 Å². The van der Waals surface area contributed by atoms with Gasteiger partial charge in [0.25, 0.3) is 0 Å². The highest BCUT2D eigenvalue weighted by Gasteiger charge is 2.51. The van der Waals surface area contributed by atoms with Crippen molar-refractivity contribution in [1.29, 1.82) is 0 Å². The van der Waals surface area contributed by atoms with Crippen LogP contribution in [0.4, 0.5) is 11.5 Å². The Morgan fingerprint density at radius 1 is 1.21 bits per heavy atom. The summed E-state index contributed by atoms with van der Waals surface area (Å²) in [4.78, 5) is 4.29. The highest BCUT2D eigenvalue weighted by atomic mass is 16.7. The Kier molecular flexibility index (Phi) is 3.46. The quantitative estimate of drug-likeness (QED) is 0.424. The number of hydrogen-bond donors (Lipinski definition) is 3. The summed E-state index contributed by atoms with van der Waals surface area (Å²) >= 11 is 0. The number of hydrogen-bond acceptors (Lipinski definition) is 6.